The number of anilines is 2. The average Bonchev–Trinajstić information content (AvgIpc) is 2.90. The number of benzene rings is 4. The van der Waals surface area contributed by atoms with Crippen LogP contribution in [0.1, 0.15) is 0 Å². The molecule has 0 radical (unpaired) electrons. The zero-order valence-corrected chi connectivity index (χ0v) is 19.0. The standard InChI is InChI=1S/C28H28N6/c29-11-13-31-23-5-1-3-19(15-23)21-7-9-25-26-10-8-22(18-28(26)34-33-27(25)17-21)20-4-2-6-24(16-20)32-14-12-30/h1-10,15-18,31-32H,11-14,29-30H2. The van der Waals surface area contributed by atoms with Crippen molar-refractivity contribution >= 4 is 33.2 Å². The summed E-state index contributed by atoms with van der Waals surface area (Å²) < 4.78 is 0. The molecule has 0 atom stereocenters. The Bertz CT molecular complexity index is 1340. The van der Waals surface area contributed by atoms with Gasteiger partial charge in [-0.2, -0.15) is 0 Å². The van der Waals surface area contributed by atoms with E-state index < -0.39 is 0 Å². The van der Waals surface area contributed by atoms with Crippen molar-refractivity contribution in [3.05, 3.63) is 84.9 Å². The second kappa shape index (κ2) is 9.87. The summed E-state index contributed by atoms with van der Waals surface area (Å²) in [4.78, 5) is 0. The lowest BCUT2D eigenvalue weighted by Gasteiger charge is -2.10. The summed E-state index contributed by atoms with van der Waals surface area (Å²) in [5.41, 5.74) is 19.6. The minimum Gasteiger partial charge on any atom is -0.384 e. The molecule has 6 N–H and O–H groups in total. The van der Waals surface area contributed by atoms with Crippen LogP contribution in [0.5, 0.6) is 0 Å². The molecular weight excluding hydrogens is 420 g/mol. The van der Waals surface area contributed by atoms with E-state index in [0.29, 0.717) is 13.1 Å². The van der Waals surface area contributed by atoms with Crippen LogP contribution in [0.25, 0.3) is 44.1 Å². The van der Waals surface area contributed by atoms with Crippen molar-refractivity contribution in [1.82, 2.24) is 10.2 Å². The van der Waals surface area contributed by atoms with Gasteiger partial charge in [0.1, 0.15) is 0 Å². The average molecular weight is 449 g/mol. The largest absolute Gasteiger partial charge is 0.384 e. The molecule has 6 heteroatoms. The lowest BCUT2D eigenvalue weighted by molar-refractivity contribution is 1.02. The first-order valence-electron chi connectivity index (χ1n) is 11.5. The molecule has 1 heterocycles. The highest BCUT2D eigenvalue weighted by molar-refractivity contribution is 6.05. The van der Waals surface area contributed by atoms with Crippen molar-refractivity contribution in [3.63, 3.8) is 0 Å². The summed E-state index contributed by atoms with van der Waals surface area (Å²) in [7, 11) is 0. The van der Waals surface area contributed by atoms with Gasteiger partial charge >= 0.3 is 0 Å². The van der Waals surface area contributed by atoms with E-state index in [1.54, 1.807) is 0 Å². The molecule has 1 aromatic heterocycles. The number of hydrogen-bond acceptors (Lipinski definition) is 6. The summed E-state index contributed by atoms with van der Waals surface area (Å²) >= 11 is 0. The highest BCUT2D eigenvalue weighted by atomic mass is 15.1. The second-order valence-corrected chi connectivity index (χ2v) is 8.26. The molecule has 170 valence electrons. The van der Waals surface area contributed by atoms with E-state index in [4.69, 9.17) is 11.5 Å². The van der Waals surface area contributed by atoms with Crippen molar-refractivity contribution in [3.8, 4) is 22.3 Å². The van der Waals surface area contributed by atoms with Gasteiger partial charge in [0.05, 0.1) is 11.0 Å². The Hall–Kier alpha value is -4.00. The Kier molecular flexibility index (Phi) is 6.33. The summed E-state index contributed by atoms with van der Waals surface area (Å²) in [5, 5.41) is 18.0. The second-order valence-electron chi connectivity index (χ2n) is 8.26. The third kappa shape index (κ3) is 4.55. The Labute approximate surface area is 199 Å². The molecular formula is C28H28N6. The van der Waals surface area contributed by atoms with Gasteiger partial charge in [-0.25, -0.2) is 0 Å². The Morgan fingerprint density at radius 1 is 0.529 bits per heavy atom. The van der Waals surface area contributed by atoms with Crippen molar-refractivity contribution in [2.75, 3.05) is 36.8 Å². The van der Waals surface area contributed by atoms with Gasteiger partial charge in [-0.15, -0.1) is 10.2 Å². The van der Waals surface area contributed by atoms with Gasteiger partial charge in [0.25, 0.3) is 0 Å². The molecule has 0 amide bonds. The third-order valence-electron chi connectivity index (χ3n) is 5.89. The fraction of sp³-hybridized carbons (Fsp3) is 0.143. The lowest BCUT2D eigenvalue weighted by Crippen LogP contribution is -2.12. The van der Waals surface area contributed by atoms with Crippen LogP contribution in [-0.2, 0) is 0 Å². The quantitative estimate of drug-likeness (QED) is 0.253. The monoisotopic (exact) mass is 448 g/mol. The maximum Gasteiger partial charge on any atom is 0.0942 e. The molecule has 6 nitrogen and oxygen atoms in total. The van der Waals surface area contributed by atoms with Crippen molar-refractivity contribution in [2.45, 2.75) is 0 Å². The van der Waals surface area contributed by atoms with Gasteiger partial charge < -0.3 is 22.1 Å². The van der Waals surface area contributed by atoms with Gasteiger partial charge in [-0.05, 0) is 58.7 Å². The SMILES string of the molecule is NCCNc1cccc(-c2ccc3c(c2)nnc2cc(-c4cccc(NCCN)c4)ccc23)c1. The molecule has 0 unspecified atom stereocenters. The van der Waals surface area contributed by atoms with Crippen molar-refractivity contribution in [1.29, 1.82) is 0 Å². The third-order valence-corrected chi connectivity index (χ3v) is 5.89. The fourth-order valence-electron chi connectivity index (χ4n) is 4.20. The number of fused-ring (bicyclic) bond motifs is 3. The van der Waals surface area contributed by atoms with Crippen LogP contribution in [0.15, 0.2) is 84.9 Å². The fourth-order valence-corrected chi connectivity index (χ4v) is 4.20. The first-order valence-corrected chi connectivity index (χ1v) is 11.5. The van der Waals surface area contributed by atoms with E-state index in [9.17, 15) is 0 Å². The van der Waals surface area contributed by atoms with Gasteiger partial charge in [0.15, 0.2) is 0 Å². The number of hydrogen-bond donors (Lipinski definition) is 4. The maximum absolute atomic E-state index is 5.61. The topological polar surface area (TPSA) is 102 Å². The predicted octanol–water partition coefficient (Wildman–Crippen LogP) is 4.86. The lowest BCUT2D eigenvalue weighted by atomic mass is 9.99. The normalized spacial score (nSPS) is 11.1. The van der Waals surface area contributed by atoms with E-state index in [0.717, 1.165) is 68.5 Å². The predicted molar refractivity (Wildman–Crippen MR) is 143 cm³/mol. The number of aromatic nitrogens is 2. The molecule has 0 bridgehead atoms. The molecule has 0 saturated carbocycles. The molecule has 0 aliphatic carbocycles. The molecule has 0 fully saturated rings. The summed E-state index contributed by atoms with van der Waals surface area (Å²) in [5.74, 6) is 0. The summed E-state index contributed by atoms with van der Waals surface area (Å²) in [6, 6.07) is 29.4. The van der Waals surface area contributed by atoms with Crippen LogP contribution in [0.3, 0.4) is 0 Å². The van der Waals surface area contributed by atoms with Crippen molar-refractivity contribution in [2.24, 2.45) is 11.5 Å². The highest BCUT2D eigenvalue weighted by Gasteiger charge is 2.08. The number of nitrogens with zero attached hydrogens (tertiary/aromatic N) is 2. The minimum absolute atomic E-state index is 0.598. The zero-order valence-electron chi connectivity index (χ0n) is 19.0. The van der Waals surface area contributed by atoms with Gasteiger partial charge in [0.2, 0.25) is 0 Å². The minimum atomic E-state index is 0.598. The van der Waals surface area contributed by atoms with Crippen LogP contribution >= 0.6 is 0 Å². The molecule has 0 saturated heterocycles. The van der Waals surface area contributed by atoms with Gasteiger partial charge in [-0.1, -0.05) is 48.5 Å². The van der Waals surface area contributed by atoms with Crippen molar-refractivity contribution < 1.29 is 0 Å². The molecule has 5 aromatic rings. The highest BCUT2D eigenvalue weighted by Crippen LogP contribution is 2.31. The van der Waals surface area contributed by atoms with Crippen LogP contribution in [0, 0.1) is 0 Å². The number of rotatable bonds is 8. The van der Waals surface area contributed by atoms with Crippen LogP contribution in [0.4, 0.5) is 11.4 Å². The molecule has 0 aliphatic rings. The van der Waals surface area contributed by atoms with Crippen LogP contribution < -0.4 is 22.1 Å². The molecule has 34 heavy (non-hydrogen) atoms. The van der Waals surface area contributed by atoms with E-state index in [-0.39, 0.29) is 0 Å². The maximum atomic E-state index is 5.61. The van der Waals surface area contributed by atoms with Crippen LogP contribution in [-0.4, -0.2) is 36.4 Å². The first kappa shape index (κ1) is 21.8. The Morgan fingerprint density at radius 3 is 1.41 bits per heavy atom. The molecule has 4 aromatic carbocycles. The summed E-state index contributed by atoms with van der Waals surface area (Å²) in [6.07, 6.45) is 0. The smallest absolute Gasteiger partial charge is 0.0942 e. The van der Waals surface area contributed by atoms with E-state index in [2.05, 4.69) is 93.6 Å². The van der Waals surface area contributed by atoms with E-state index in [1.165, 1.54) is 0 Å². The summed E-state index contributed by atoms with van der Waals surface area (Å²) in [6.45, 7) is 2.69. The van der Waals surface area contributed by atoms with Gasteiger partial charge in [-0.3, -0.25) is 0 Å². The Morgan fingerprint density at radius 2 is 0.971 bits per heavy atom. The van der Waals surface area contributed by atoms with E-state index in [1.807, 2.05) is 12.1 Å². The molecule has 5 rings (SSSR count). The number of nitrogens with two attached hydrogens (primary N) is 2. The van der Waals surface area contributed by atoms with E-state index >= 15 is 0 Å². The van der Waals surface area contributed by atoms with Gasteiger partial charge in [0, 0.05) is 48.3 Å². The number of nitrogens with one attached hydrogen (secondary N) is 2. The molecule has 0 aliphatic heterocycles. The Balaban J connectivity index is 1.48. The first-order chi connectivity index (χ1) is 16.7. The van der Waals surface area contributed by atoms with Crippen LogP contribution in [0.2, 0.25) is 0 Å². The molecule has 0 spiro atoms. The zero-order chi connectivity index (χ0) is 23.3.